The van der Waals surface area contributed by atoms with Crippen molar-refractivity contribution in [1.82, 2.24) is 0 Å². The highest BCUT2D eigenvalue weighted by molar-refractivity contribution is 5.97. The van der Waals surface area contributed by atoms with Gasteiger partial charge in [0.25, 0.3) is 0 Å². The van der Waals surface area contributed by atoms with Crippen molar-refractivity contribution >= 4 is 11.4 Å². The van der Waals surface area contributed by atoms with Gasteiger partial charge in [0.2, 0.25) is 0 Å². The summed E-state index contributed by atoms with van der Waals surface area (Å²) in [6.07, 6.45) is -9.77. The van der Waals surface area contributed by atoms with E-state index in [9.17, 15) is 36.6 Å². The number of hydrogen-bond donors (Lipinski definition) is 4. The quantitative estimate of drug-likeness (QED) is 0.113. The monoisotopic (exact) mass is 516 g/mol. The molecule has 0 saturated heterocycles. The summed E-state index contributed by atoms with van der Waals surface area (Å²) in [5.74, 6) is -1.62. The number of fused-ring (bicyclic) bond motifs is 3. The van der Waals surface area contributed by atoms with Crippen molar-refractivity contribution in [2.24, 2.45) is 0 Å². The fraction of sp³-hybridized carbons (Fsp3) is 0.111. The lowest BCUT2D eigenvalue weighted by atomic mass is 9.84. The standard InChI is InChI=1S/C27H18F6N2O2/c28-26(29,30)19-10-23(36)21(34)8-16(19)15-6-5-14-13-4-2-1-3-12(13)7-17(14)25(15)18-9-22(35)24(37)11-20(18)27(31,32)33/h1-6,8-11,36-37H,7,34-35H2. The van der Waals surface area contributed by atoms with Crippen molar-refractivity contribution < 1.29 is 36.6 Å². The van der Waals surface area contributed by atoms with E-state index in [0.717, 1.165) is 23.3 Å². The molecule has 5 rings (SSSR count). The van der Waals surface area contributed by atoms with E-state index in [2.05, 4.69) is 0 Å². The van der Waals surface area contributed by atoms with E-state index in [1.807, 2.05) is 0 Å². The lowest BCUT2D eigenvalue weighted by Gasteiger charge is -2.23. The molecule has 37 heavy (non-hydrogen) atoms. The predicted molar refractivity (Wildman–Crippen MR) is 128 cm³/mol. The van der Waals surface area contributed by atoms with Gasteiger partial charge in [-0.05, 0) is 75.2 Å². The Labute approximate surface area is 206 Å². The summed E-state index contributed by atoms with van der Waals surface area (Å²) in [4.78, 5) is 0. The molecule has 190 valence electrons. The van der Waals surface area contributed by atoms with Gasteiger partial charge in [-0.15, -0.1) is 0 Å². The topological polar surface area (TPSA) is 92.5 Å². The van der Waals surface area contributed by atoms with Crippen LogP contribution in [-0.2, 0) is 18.8 Å². The van der Waals surface area contributed by atoms with Crippen molar-refractivity contribution in [2.75, 3.05) is 11.5 Å². The van der Waals surface area contributed by atoms with Crippen LogP contribution >= 0.6 is 0 Å². The van der Waals surface area contributed by atoms with Crippen molar-refractivity contribution in [2.45, 2.75) is 18.8 Å². The van der Waals surface area contributed by atoms with Gasteiger partial charge in [-0.25, -0.2) is 0 Å². The fourth-order valence-electron chi connectivity index (χ4n) is 4.85. The smallest absolute Gasteiger partial charge is 0.417 e. The third-order valence-electron chi connectivity index (χ3n) is 6.49. The van der Waals surface area contributed by atoms with Gasteiger partial charge in [0.05, 0.1) is 22.5 Å². The fourth-order valence-corrected chi connectivity index (χ4v) is 4.85. The van der Waals surface area contributed by atoms with E-state index in [1.165, 1.54) is 6.07 Å². The Balaban J connectivity index is 1.94. The van der Waals surface area contributed by atoms with Gasteiger partial charge in [-0.3, -0.25) is 0 Å². The normalized spacial score (nSPS) is 12.9. The van der Waals surface area contributed by atoms with Crippen molar-refractivity contribution in [3.05, 3.63) is 82.9 Å². The molecule has 4 aromatic carbocycles. The van der Waals surface area contributed by atoms with Crippen molar-refractivity contribution in [3.63, 3.8) is 0 Å². The van der Waals surface area contributed by atoms with E-state index < -0.39 is 46.1 Å². The first kappa shape index (κ1) is 24.4. The Morgan fingerprint density at radius 2 is 1.11 bits per heavy atom. The molecule has 0 spiro atoms. The minimum absolute atomic E-state index is 0.122. The lowest BCUT2D eigenvalue weighted by molar-refractivity contribution is -0.138. The molecule has 0 radical (unpaired) electrons. The second kappa shape index (κ2) is 8.09. The van der Waals surface area contributed by atoms with E-state index in [1.54, 1.807) is 30.3 Å². The highest BCUT2D eigenvalue weighted by atomic mass is 19.4. The Morgan fingerprint density at radius 1 is 0.595 bits per heavy atom. The van der Waals surface area contributed by atoms with Gasteiger partial charge < -0.3 is 21.7 Å². The second-order valence-corrected chi connectivity index (χ2v) is 8.76. The summed E-state index contributed by atoms with van der Waals surface area (Å²) in [6, 6.07) is 12.7. The van der Waals surface area contributed by atoms with Crippen LogP contribution in [0.2, 0.25) is 0 Å². The van der Waals surface area contributed by atoms with Crippen molar-refractivity contribution in [3.8, 4) is 44.9 Å². The molecule has 0 aromatic heterocycles. The number of nitrogen functional groups attached to an aromatic ring is 2. The SMILES string of the molecule is Nc1cc(-c2ccc3c(c2-c2cc(N)c(O)cc2C(F)(F)F)Cc2ccccc2-3)c(C(F)(F)F)cc1O. The Bertz CT molecular complexity index is 1580. The molecular weight excluding hydrogens is 498 g/mol. The first-order valence-electron chi connectivity index (χ1n) is 10.9. The summed E-state index contributed by atoms with van der Waals surface area (Å²) in [5.41, 5.74) is 9.42. The average Bonchev–Trinajstić information content (AvgIpc) is 3.19. The van der Waals surface area contributed by atoms with E-state index >= 15 is 0 Å². The molecule has 1 aliphatic rings. The molecule has 10 heteroatoms. The molecule has 0 amide bonds. The zero-order valence-corrected chi connectivity index (χ0v) is 18.8. The lowest BCUT2D eigenvalue weighted by Crippen LogP contribution is -2.11. The number of alkyl halides is 6. The predicted octanol–water partition coefficient (Wildman–Crippen LogP) is 7.21. The number of halogens is 6. The largest absolute Gasteiger partial charge is 0.506 e. The van der Waals surface area contributed by atoms with Crippen LogP contribution in [0.1, 0.15) is 22.3 Å². The maximum atomic E-state index is 14.2. The molecule has 6 N–H and O–H groups in total. The number of hydrogen-bond acceptors (Lipinski definition) is 4. The molecule has 0 fully saturated rings. The summed E-state index contributed by atoms with van der Waals surface area (Å²) < 4.78 is 84.8. The molecule has 0 atom stereocenters. The number of anilines is 2. The summed E-state index contributed by atoms with van der Waals surface area (Å²) in [7, 11) is 0. The number of phenols is 2. The van der Waals surface area contributed by atoms with Gasteiger partial charge in [0.1, 0.15) is 11.5 Å². The Hall–Kier alpha value is -4.34. The first-order valence-corrected chi connectivity index (χ1v) is 10.9. The molecule has 0 aliphatic heterocycles. The highest BCUT2D eigenvalue weighted by Gasteiger charge is 2.39. The highest BCUT2D eigenvalue weighted by Crippen LogP contribution is 2.52. The van der Waals surface area contributed by atoms with Crippen LogP contribution in [-0.4, -0.2) is 10.2 Å². The second-order valence-electron chi connectivity index (χ2n) is 8.76. The third kappa shape index (κ3) is 3.98. The third-order valence-corrected chi connectivity index (χ3v) is 6.49. The van der Waals surface area contributed by atoms with E-state index in [0.29, 0.717) is 23.3 Å². The van der Waals surface area contributed by atoms with Gasteiger partial charge in [0.15, 0.2) is 0 Å². The van der Waals surface area contributed by atoms with E-state index in [-0.39, 0.29) is 28.9 Å². The maximum absolute atomic E-state index is 14.2. The molecule has 1 aliphatic carbocycles. The van der Waals surface area contributed by atoms with Crippen LogP contribution in [0.5, 0.6) is 11.5 Å². The van der Waals surface area contributed by atoms with Crippen LogP contribution in [0.3, 0.4) is 0 Å². The molecule has 0 saturated carbocycles. The first-order chi connectivity index (χ1) is 17.3. The van der Waals surface area contributed by atoms with Gasteiger partial charge in [-0.2, -0.15) is 26.3 Å². The van der Waals surface area contributed by atoms with Crippen LogP contribution in [0, 0.1) is 0 Å². The van der Waals surface area contributed by atoms with Crippen LogP contribution in [0.25, 0.3) is 33.4 Å². The van der Waals surface area contributed by atoms with Gasteiger partial charge in [0, 0.05) is 0 Å². The number of phenolic OH excluding ortho intramolecular Hbond substituents is 2. The molecule has 0 unspecified atom stereocenters. The summed E-state index contributed by atoms with van der Waals surface area (Å²) >= 11 is 0. The maximum Gasteiger partial charge on any atom is 0.417 e. The number of nitrogens with two attached hydrogens (primary N) is 2. The van der Waals surface area contributed by atoms with Crippen molar-refractivity contribution in [1.29, 1.82) is 0 Å². The average molecular weight is 516 g/mol. The Kier molecular flexibility index (Phi) is 5.32. The zero-order valence-electron chi connectivity index (χ0n) is 18.8. The molecular formula is C27H18F6N2O2. The number of aromatic hydroxyl groups is 2. The minimum atomic E-state index is -4.97. The number of benzene rings is 4. The van der Waals surface area contributed by atoms with Crippen LogP contribution in [0.15, 0.2) is 60.7 Å². The van der Waals surface area contributed by atoms with E-state index in [4.69, 9.17) is 11.5 Å². The minimum Gasteiger partial charge on any atom is -0.506 e. The zero-order chi connectivity index (χ0) is 26.9. The van der Waals surface area contributed by atoms with Gasteiger partial charge >= 0.3 is 12.4 Å². The molecule has 0 bridgehead atoms. The van der Waals surface area contributed by atoms with Crippen LogP contribution < -0.4 is 11.5 Å². The summed E-state index contributed by atoms with van der Waals surface area (Å²) in [5, 5.41) is 19.9. The van der Waals surface area contributed by atoms with Crippen LogP contribution in [0.4, 0.5) is 37.7 Å². The number of rotatable bonds is 2. The molecule has 4 aromatic rings. The summed E-state index contributed by atoms with van der Waals surface area (Å²) in [6.45, 7) is 0. The Morgan fingerprint density at radius 3 is 1.70 bits per heavy atom. The van der Waals surface area contributed by atoms with Gasteiger partial charge in [-0.1, -0.05) is 36.4 Å². The molecule has 4 nitrogen and oxygen atoms in total. The molecule has 0 heterocycles.